The van der Waals surface area contributed by atoms with E-state index in [-0.39, 0.29) is 23.4 Å². The Balaban J connectivity index is 1.71. The van der Waals surface area contributed by atoms with E-state index >= 15 is 0 Å². The summed E-state index contributed by atoms with van der Waals surface area (Å²) in [6.45, 7) is 7.80. The van der Waals surface area contributed by atoms with Crippen LogP contribution < -0.4 is 14.4 Å². The molecule has 1 saturated carbocycles. The van der Waals surface area contributed by atoms with Crippen LogP contribution in [0.2, 0.25) is 0 Å². The Morgan fingerprint density at radius 1 is 0.909 bits per heavy atom. The summed E-state index contributed by atoms with van der Waals surface area (Å²) in [5.41, 5.74) is 3.16. The lowest BCUT2D eigenvalue weighted by Crippen LogP contribution is -2.54. The third-order valence-electron chi connectivity index (χ3n) is 8.10. The first-order valence-corrected chi connectivity index (χ1v) is 17.0. The summed E-state index contributed by atoms with van der Waals surface area (Å²) in [4.78, 5) is 29.7. The zero-order valence-corrected chi connectivity index (χ0v) is 27.1. The topological polar surface area (TPSA) is 96.0 Å². The number of hydrogen-bond acceptors (Lipinski definition) is 5. The van der Waals surface area contributed by atoms with Gasteiger partial charge in [0.2, 0.25) is 11.8 Å². The van der Waals surface area contributed by atoms with E-state index in [0.29, 0.717) is 24.5 Å². The number of carbonyl (C=O) groups excluding carboxylic acids is 2. The van der Waals surface area contributed by atoms with Crippen molar-refractivity contribution in [3.8, 4) is 5.75 Å². The average molecular weight is 620 g/mol. The Labute approximate surface area is 262 Å². The fourth-order valence-electron chi connectivity index (χ4n) is 5.71. The monoisotopic (exact) mass is 619 g/mol. The lowest BCUT2D eigenvalue weighted by Gasteiger charge is -2.34. The third-order valence-corrected chi connectivity index (χ3v) is 9.88. The fourth-order valence-corrected chi connectivity index (χ4v) is 7.13. The maximum atomic E-state index is 14.3. The van der Waals surface area contributed by atoms with Gasteiger partial charge in [-0.25, -0.2) is 8.42 Å². The molecule has 1 aliphatic rings. The highest BCUT2D eigenvalue weighted by atomic mass is 32.2. The van der Waals surface area contributed by atoms with Crippen LogP contribution >= 0.6 is 0 Å². The van der Waals surface area contributed by atoms with Gasteiger partial charge < -0.3 is 15.0 Å². The number of hydrogen-bond donors (Lipinski definition) is 1. The molecule has 1 aliphatic carbocycles. The zero-order chi connectivity index (χ0) is 31.7. The molecule has 0 heterocycles. The number of sulfonamides is 1. The number of benzene rings is 3. The van der Waals surface area contributed by atoms with Crippen molar-refractivity contribution in [1.29, 1.82) is 0 Å². The summed E-state index contributed by atoms with van der Waals surface area (Å²) in [6.07, 6.45) is 5.55. The molecule has 1 N–H and O–H groups in total. The number of nitrogens with one attached hydrogen (secondary N) is 1. The summed E-state index contributed by atoms with van der Waals surface area (Å²) < 4.78 is 34.9. The van der Waals surface area contributed by atoms with E-state index < -0.39 is 28.5 Å². The largest absolute Gasteiger partial charge is 0.494 e. The van der Waals surface area contributed by atoms with Crippen LogP contribution in [0.25, 0.3) is 0 Å². The van der Waals surface area contributed by atoms with Gasteiger partial charge >= 0.3 is 0 Å². The van der Waals surface area contributed by atoms with Crippen molar-refractivity contribution < 1.29 is 22.7 Å². The molecule has 0 aromatic heterocycles. The molecule has 1 unspecified atom stereocenters. The van der Waals surface area contributed by atoms with Crippen molar-refractivity contribution in [3.63, 3.8) is 0 Å². The van der Waals surface area contributed by atoms with Gasteiger partial charge in [-0.05, 0) is 82.0 Å². The fraction of sp³-hybridized carbons (Fsp3) is 0.429. The minimum atomic E-state index is -4.14. The van der Waals surface area contributed by atoms with Gasteiger partial charge in [-0.1, -0.05) is 73.7 Å². The molecule has 0 saturated heterocycles. The highest BCUT2D eigenvalue weighted by molar-refractivity contribution is 7.92. The predicted octanol–water partition coefficient (Wildman–Crippen LogP) is 6.15. The Bertz CT molecular complexity index is 1500. The minimum Gasteiger partial charge on any atom is -0.494 e. The quantitative estimate of drug-likeness (QED) is 0.248. The highest BCUT2D eigenvalue weighted by Gasteiger charge is 2.34. The molecule has 44 heavy (non-hydrogen) atoms. The van der Waals surface area contributed by atoms with E-state index in [1.54, 1.807) is 53.4 Å². The van der Waals surface area contributed by atoms with Gasteiger partial charge in [0.15, 0.2) is 0 Å². The molecule has 4 rings (SSSR count). The van der Waals surface area contributed by atoms with E-state index in [2.05, 4.69) is 5.32 Å². The Morgan fingerprint density at radius 3 is 2.20 bits per heavy atom. The van der Waals surface area contributed by atoms with Crippen LogP contribution in [0.3, 0.4) is 0 Å². The summed E-state index contributed by atoms with van der Waals surface area (Å²) in [5.74, 6) is -0.0575. The first kappa shape index (κ1) is 33.1. The van der Waals surface area contributed by atoms with Crippen molar-refractivity contribution >= 4 is 27.5 Å². The molecule has 0 bridgehead atoms. The number of aryl methyl sites for hydroxylation is 2. The molecule has 3 aromatic rings. The summed E-state index contributed by atoms with van der Waals surface area (Å²) in [5, 5.41) is 3.19. The van der Waals surface area contributed by atoms with Gasteiger partial charge in [-0.15, -0.1) is 0 Å². The van der Waals surface area contributed by atoms with Gasteiger partial charge in [0.25, 0.3) is 10.0 Å². The molecular weight excluding hydrogens is 574 g/mol. The highest BCUT2D eigenvalue weighted by Crippen LogP contribution is 2.27. The van der Waals surface area contributed by atoms with E-state index in [1.807, 2.05) is 52.0 Å². The second kappa shape index (κ2) is 15.2. The Kier molecular flexibility index (Phi) is 11.4. The van der Waals surface area contributed by atoms with Crippen molar-refractivity contribution in [3.05, 3.63) is 89.5 Å². The Hall–Kier alpha value is -3.85. The lowest BCUT2D eigenvalue weighted by molar-refractivity contribution is -0.140. The minimum absolute atomic E-state index is 0.0806. The smallest absolute Gasteiger partial charge is 0.264 e. The summed E-state index contributed by atoms with van der Waals surface area (Å²) in [7, 11) is -4.14. The van der Waals surface area contributed by atoms with Crippen LogP contribution in [0.5, 0.6) is 5.75 Å². The number of amides is 2. The first-order chi connectivity index (χ1) is 21.1. The van der Waals surface area contributed by atoms with Crippen molar-refractivity contribution in [2.45, 2.75) is 89.7 Å². The standard InChI is InChI=1S/C35H45N3O5S/c1-5-33(35(40)36-29-13-8-7-9-14-29)37(24-28-12-10-11-27(4)23-28)34(39)25-38(30-17-19-31(20-18-30)43-6-2)44(41,42)32-21-15-26(3)16-22-32/h10-12,15-23,29,33H,5-9,13-14,24-25H2,1-4H3,(H,36,40). The normalized spacial score (nSPS) is 14.5. The number of nitrogens with zero attached hydrogens (tertiary/aromatic N) is 2. The van der Waals surface area contributed by atoms with Crippen molar-refractivity contribution in [2.24, 2.45) is 0 Å². The maximum Gasteiger partial charge on any atom is 0.264 e. The van der Waals surface area contributed by atoms with Crippen LogP contribution in [0, 0.1) is 13.8 Å². The molecule has 0 spiro atoms. The third kappa shape index (κ3) is 8.40. The van der Waals surface area contributed by atoms with Gasteiger partial charge in [0.1, 0.15) is 18.3 Å². The molecule has 8 nitrogen and oxygen atoms in total. The van der Waals surface area contributed by atoms with Crippen LogP contribution in [0.1, 0.15) is 69.1 Å². The molecule has 2 amide bonds. The predicted molar refractivity (Wildman–Crippen MR) is 174 cm³/mol. The first-order valence-electron chi connectivity index (χ1n) is 15.6. The molecule has 0 aliphatic heterocycles. The molecule has 1 fully saturated rings. The maximum absolute atomic E-state index is 14.3. The molecule has 0 radical (unpaired) electrons. The summed E-state index contributed by atoms with van der Waals surface area (Å²) in [6, 6.07) is 20.4. The number of carbonyl (C=O) groups is 2. The van der Waals surface area contributed by atoms with Crippen molar-refractivity contribution in [1.82, 2.24) is 10.2 Å². The van der Waals surface area contributed by atoms with E-state index in [0.717, 1.165) is 46.7 Å². The van der Waals surface area contributed by atoms with Crippen LogP contribution in [-0.4, -0.2) is 50.4 Å². The van der Waals surface area contributed by atoms with Crippen LogP contribution in [-0.2, 0) is 26.2 Å². The SMILES string of the molecule is CCOc1ccc(N(CC(=O)N(Cc2cccc(C)c2)C(CC)C(=O)NC2CCCCC2)S(=O)(=O)c2ccc(C)cc2)cc1. The Morgan fingerprint density at radius 2 is 1.59 bits per heavy atom. The van der Waals surface area contributed by atoms with E-state index in [1.165, 1.54) is 6.42 Å². The molecule has 9 heteroatoms. The second-order valence-electron chi connectivity index (χ2n) is 11.5. The summed E-state index contributed by atoms with van der Waals surface area (Å²) >= 11 is 0. The van der Waals surface area contributed by atoms with Gasteiger partial charge in [0, 0.05) is 12.6 Å². The van der Waals surface area contributed by atoms with Gasteiger partial charge in [-0.2, -0.15) is 0 Å². The van der Waals surface area contributed by atoms with Crippen LogP contribution in [0.4, 0.5) is 5.69 Å². The molecular formula is C35H45N3O5S. The van der Waals surface area contributed by atoms with Crippen LogP contribution in [0.15, 0.2) is 77.7 Å². The average Bonchev–Trinajstić information content (AvgIpc) is 3.01. The van der Waals surface area contributed by atoms with Gasteiger partial charge in [-0.3, -0.25) is 13.9 Å². The van der Waals surface area contributed by atoms with Crippen molar-refractivity contribution in [2.75, 3.05) is 17.5 Å². The second-order valence-corrected chi connectivity index (χ2v) is 13.4. The molecule has 236 valence electrons. The number of anilines is 1. The zero-order valence-electron chi connectivity index (χ0n) is 26.3. The number of ether oxygens (including phenoxy) is 1. The molecule has 1 atom stereocenters. The van der Waals surface area contributed by atoms with Gasteiger partial charge in [0.05, 0.1) is 17.2 Å². The lowest BCUT2D eigenvalue weighted by atomic mass is 9.95. The van der Waals surface area contributed by atoms with E-state index in [4.69, 9.17) is 4.74 Å². The molecule has 3 aromatic carbocycles. The van der Waals surface area contributed by atoms with E-state index in [9.17, 15) is 18.0 Å². The number of rotatable bonds is 13.